The molecule has 11 heteroatoms. The first kappa shape index (κ1) is 18.2. The number of nitro benzene ring substituents is 1. The third-order valence-electron chi connectivity index (χ3n) is 3.22. The number of carbonyl (C=O) groups excluding carboxylic acids is 1. The number of hydrogen-bond donors (Lipinski definition) is 1. The molecule has 0 atom stereocenters. The maximum absolute atomic E-state index is 13.1. The van der Waals surface area contributed by atoms with Gasteiger partial charge in [0.15, 0.2) is 0 Å². The van der Waals surface area contributed by atoms with Gasteiger partial charge in [-0.3, -0.25) is 10.1 Å². The predicted octanol–water partition coefficient (Wildman–Crippen LogP) is 3.35. The first-order valence-electron chi connectivity index (χ1n) is 7.01. The van der Waals surface area contributed by atoms with Gasteiger partial charge in [-0.1, -0.05) is 6.92 Å². The van der Waals surface area contributed by atoms with Crippen LogP contribution in [0.15, 0.2) is 24.3 Å². The van der Waals surface area contributed by atoms with E-state index in [1.165, 1.54) is 13.1 Å². The van der Waals surface area contributed by atoms with Crippen LogP contribution in [-0.4, -0.2) is 27.8 Å². The molecule has 2 aromatic rings. The van der Waals surface area contributed by atoms with Gasteiger partial charge in [0.05, 0.1) is 10.6 Å². The number of benzene rings is 1. The highest BCUT2D eigenvalue weighted by Gasteiger charge is 2.36. The Balaban J connectivity index is 2.45. The van der Waals surface area contributed by atoms with Crippen LogP contribution in [0, 0.1) is 10.1 Å². The molecule has 1 amide bonds. The lowest BCUT2D eigenvalue weighted by atomic mass is 10.1. The summed E-state index contributed by atoms with van der Waals surface area (Å²) in [6.45, 7) is 1.73. The molecular formula is C14H13F3N4O4. The van der Waals surface area contributed by atoms with E-state index < -0.39 is 34.1 Å². The molecule has 2 rings (SSSR count). The van der Waals surface area contributed by atoms with E-state index in [4.69, 9.17) is 4.74 Å². The zero-order chi connectivity index (χ0) is 18.8. The number of aromatic nitrogens is 2. The fourth-order valence-corrected chi connectivity index (χ4v) is 2.03. The number of hydrogen-bond acceptors (Lipinski definition) is 5. The van der Waals surface area contributed by atoms with E-state index in [9.17, 15) is 28.1 Å². The van der Waals surface area contributed by atoms with Crippen LogP contribution in [0.1, 0.15) is 18.2 Å². The van der Waals surface area contributed by atoms with Gasteiger partial charge in [-0.2, -0.15) is 17.9 Å². The van der Waals surface area contributed by atoms with Gasteiger partial charge < -0.3 is 10.1 Å². The van der Waals surface area contributed by atoms with E-state index >= 15 is 0 Å². The van der Waals surface area contributed by atoms with Crippen LogP contribution in [0.4, 0.5) is 23.7 Å². The second-order valence-electron chi connectivity index (χ2n) is 4.83. The van der Waals surface area contributed by atoms with Crippen LogP contribution in [0.5, 0.6) is 11.6 Å². The molecule has 134 valence electrons. The monoisotopic (exact) mass is 358 g/mol. The number of non-ortho nitro benzene ring substituents is 1. The van der Waals surface area contributed by atoms with Crippen molar-refractivity contribution in [3.8, 4) is 11.6 Å². The Morgan fingerprint density at radius 3 is 2.60 bits per heavy atom. The van der Waals surface area contributed by atoms with Crippen molar-refractivity contribution in [1.29, 1.82) is 0 Å². The lowest BCUT2D eigenvalue weighted by Crippen LogP contribution is -2.27. The molecule has 8 nitrogen and oxygen atoms in total. The number of nitrogens with zero attached hydrogens (tertiary/aromatic N) is 3. The Kier molecular flexibility index (Phi) is 4.95. The van der Waals surface area contributed by atoms with Crippen LogP contribution in [0.2, 0.25) is 0 Å². The van der Waals surface area contributed by atoms with Gasteiger partial charge in [-0.05, 0) is 12.5 Å². The van der Waals surface area contributed by atoms with Crippen LogP contribution in [0.3, 0.4) is 0 Å². The third-order valence-corrected chi connectivity index (χ3v) is 3.22. The molecule has 0 saturated carbocycles. The zero-order valence-electron chi connectivity index (χ0n) is 13.1. The van der Waals surface area contributed by atoms with Crippen molar-refractivity contribution in [3.63, 3.8) is 0 Å². The largest absolute Gasteiger partial charge is 0.437 e. The van der Waals surface area contributed by atoms with E-state index in [1.54, 1.807) is 6.92 Å². The number of carbonyl (C=O) groups is 1. The minimum atomic E-state index is -4.86. The standard InChI is InChI=1S/C14H13F3N4O4/c1-3-8-7-12(19-20(8)13(22)18-2)25-11-5-4-9(21(23)24)6-10(11)14(15,16)17/h4-7H,3H2,1-2H3,(H,18,22). The lowest BCUT2D eigenvalue weighted by molar-refractivity contribution is -0.385. The van der Waals surface area contributed by atoms with E-state index in [0.717, 1.165) is 16.8 Å². The summed E-state index contributed by atoms with van der Waals surface area (Å²) < 4.78 is 45.5. The quantitative estimate of drug-likeness (QED) is 0.667. The minimum Gasteiger partial charge on any atom is -0.437 e. The van der Waals surface area contributed by atoms with Crippen molar-refractivity contribution in [3.05, 3.63) is 45.6 Å². The molecule has 1 aromatic carbocycles. The molecule has 0 spiro atoms. The number of nitro groups is 1. The summed E-state index contributed by atoms with van der Waals surface area (Å²) in [7, 11) is 1.38. The molecule has 0 aliphatic rings. The molecule has 0 aliphatic heterocycles. The number of amides is 1. The Morgan fingerprint density at radius 1 is 1.40 bits per heavy atom. The van der Waals surface area contributed by atoms with Crippen molar-refractivity contribution < 1.29 is 27.6 Å². The van der Waals surface area contributed by atoms with Gasteiger partial charge in [0.1, 0.15) is 11.3 Å². The van der Waals surface area contributed by atoms with Gasteiger partial charge in [0.25, 0.3) is 5.69 Å². The van der Waals surface area contributed by atoms with Crippen molar-refractivity contribution in [2.45, 2.75) is 19.5 Å². The molecular weight excluding hydrogens is 345 g/mol. The topological polar surface area (TPSA) is 99.3 Å². The lowest BCUT2D eigenvalue weighted by Gasteiger charge is -2.12. The summed E-state index contributed by atoms with van der Waals surface area (Å²) in [4.78, 5) is 21.4. The summed E-state index contributed by atoms with van der Waals surface area (Å²) in [6.07, 6.45) is -4.48. The summed E-state index contributed by atoms with van der Waals surface area (Å²) in [5.74, 6) is -0.887. The normalized spacial score (nSPS) is 11.2. The fraction of sp³-hybridized carbons (Fsp3) is 0.286. The van der Waals surface area contributed by atoms with Crippen molar-refractivity contribution in [2.75, 3.05) is 7.05 Å². The number of nitrogens with one attached hydrogen (secondary N) is 1. The van der Waals surface area contributed by atoms with Crippen molar-refractivity contribution >= 4 is 11.7 Å². The molecule has 1 heterocycles. The maximum Gasteiger partial charge on any atom is 0.420 e. The van der Waals surface area contributed by atoms with Crippen LogP contribution in [0.25, 0.3) is 0 Å². The first-order valence-corrected chi connectivity index (χ1v) is 7.01. The summed E-state index contributed by atoms with van der Waals surface area (Å²) in [5, 5.41) is 16.8. The molecule has 0 unspecified atom stereocenters. The molecule has 1 N–H and O–H groups in total. The molecule has 1 aromatic heterocycles. The van der Waals surface area contributed by atoms with Crippen LogP contribution >= 0.6 is 0 Å². The average Bonchev–Trinajstić information content (AvgIpc) is 2.96. The van der Waals surface area contributed by atoms with Crippen LogP contribution < -0.4 is 10.1 Å². The Bertz CT molecular complexity index is 817. The number of rotatable bonds is 4. The van der Waals surface area contributed by atoms with Gasteiger partial charge in [0, 0.05) is 25.2 Å². The Labute approximate surface area is 139 Å². The van der Waals surface area contributed by atoms with E-state index in [0.29, 0.717) is 18.2 Å². The van der Waals surface area contributed by atoms with Gasteiger partial charge >= 0.3 is 12.2 Å². The van der Waals surface area contributed by atoms with Crippen molar-refractivity contribution in [2.24, 2.45) is 0 Å². The SMILES string of the molecule is CCc1cc(Oc2ccc([N+](=O)[O-])cc2C(F)(F)F)nn1C(=O)NC. The third kappa shape index (κ3) is 3.87. The molecule has 25 heavy (non-hydrogen) atoms. The second kappa shape index (κ2) is 6.79. The van der Waals surface area contributed by atoms with E-state index in [-0.39, 0.29) is 5.88 Å². The molecule has 0 fully saturated rings. The number of halogens is 3. The highest BCUT2D eigenvalue weighted by Crippen LogP contribution is 2.39. The smallest absolute Gasteiger partial charge is 0.420 e. The van der Waals surface area contributed by atoms with E-state index in [2.05, 4.69) is 10.4 Å². The summed E-state index contributed by atoms with van der Waals surface area (Å²) in [6, 6.07) is 2.85. The average molecular weight is 358 g/mol. The summed E-state index contributed by atoms with van der Waals surface area (Å²) >= 11 is 0. The minimum absolute atomic E-state index is 0.236. The molecule has 0 bridgehead atoms. The van der Waals surface area contributed by atoms with E-state index in [1.807, 2.05) is 0 Å². The maximum atomic E-state index is 13.1. The van der Waals surface area contributed by atoms with Crippen molar-refractivity contribution in [1.82, 2.24) is 15.1 Å². The van der Waals surface area contributed by atoms with Gasteiger partial charge in [-0.15, -0.1) is 5.10 Å². The zero-order valence-corrected chi connectivity index (χ0v) is 13.1. The molecule has 0 aliphatic carbocycles. The number of alkyl halides is 3. The molecule has 0 saturated heterocycles. The fourth-order valence-electron chi connectivity index (χ4n) is 2.03. The Morgan fingerprint density at radius 2 is 2.08 bits per heavy atom. The highest BCUT2D eigenvalue weighted by molar-refractivity contribution is 5.76. The second-order valence-corrected chi connectivity index (χ2v) is 4.83. The number of ether oxygens (including phenoxy) is 1. The predicted molar refractivity (Wildman–Crippen MR) is 79.6 cm³/mol. The molecule has 0 radical (unpaired) electrons. The Hall–Kier alpha value is -3.11. The summed E-state index contributed by atoms with van der Waals surface area (Å²) in [5.41, 5.74) is -1.61. The van der Waals surface area contributed by atoms with Gasteiger partial charge in [-0.25, -0.2) is 4.79 Å². The van der Waals surface area contributed by atoms with Crippen LogP contribution in [-0.2, 0) is 12.6 Å². The number of aryl methyl sites for hydroxylation is 1. The highest BCUT2D eigenvalue weighted by atomic mass is 19.4. The first-order chi connectivity index (χ1) is 11.7. The van der Waals surface area contributed by atoms with Gasteiger partial charge in [0.2, 0.25) is 5.88 Å².